The van der Waals surface area contributed by atoms with Crippen LogP contribution in [0.5, 0.6) is 0 Å². The van der Waals surface area contributed by atoms with Crippen molar-refractivity contribution in [3.63, 3.8) is 0 Å². The van der Waals surface area contributed by atoms with Crippen molar-refractivity contribution in [3.05, 3.63) is 12.2 Å². The fourth-order valence-corrected chi connectivity index (χ4v) is 8.93. The van der Waals surface area contributed by atoms with Crippen LogP contribution in [0, 0.1) is 23.7 Å². The summed E-state index contributed by atoms with van der Waals surface area (Å²) < 4.78 is 2.50. The molecule has 0 aromatic rings. The summed E-state index contributed by atoms with van der Waals surface area (Å²) in [5.74, 6) is 3.40. The number of halogens is 2. The fourth-order valence-electron chi connectivity index (χ4n) is 4.04. The zero-order valence-corrected chi connectivity index (χ0v) is 16.7. The molecule has 3 rings (SSSR count). The van der Waals surface area contributed by atoms with E-state index in [0.717, 1.165) is 15.6 Å². The molecule has 1 N–H and O–H groups in total. The van der Waals surface area contributed by atoms with Crippen LogP contribution in [0.2, 0.25) is 0 Å². The van der Waals surface area contributed by atoms with Crippen LogP contribution < -0.4 is 21.2 Å². The molecule has 1 aliphatic carbocycles. The number of aliphatic hydroxyl groups is 1. The Kier molecular flexibility index (Phi) is 5.56. The van der Waals surface area contributed by atoms with Gasteiger partial charge in [0, 0.05) is 0 Å². The zero-order valence-electron chi connectivity index (χ0n) is 13.0. The van der Waals surface area contributed by atoms with Gasteiger partial charge < -0.3 is 0 Å². The van der Waals surface area contributed by atoms with E-state index in [1.807, 2.05) is 11.8 Å². The van der Waals surface area contributed by atoms with Gasteiger partial charge in [-0.25, -0.2) is 0 Å². The quantitative estimate of drug-likeness (QED) is 0.395. The van der Waals surface area contributed by atoms with Crippen molar-refractivity contribution in [1.29, 1.82) is 0 Å². The molecule has 2 aliphatic heterocycles. The number of allylic oxidation sites excluding steroid dienone is 1. The average Bonchev–Trinajstić information content (AvgIpc) is 3.22. The molecule has 8 atom stereocenters. The van der Waals surface area contributed by atoms with E-state index in [0.29, 0.717) is 49.6 Å². The molecule has 0 amide bonds. The fraction of sp³-hybridized carbons (Fsp3) is 0.882. The van der Waals surface area contributed by atoms with Gasteiger partial charge in [-0.05, 0) is 0 Å². The summed E-state index contributed by atoms with van der Waals surface area (Å²) in [4.78, 5) is 0. The second-order valence-corrected chi connectivity index (χ2v) is 12.3. The number of thioether (sulfide) groups is 1. The summed E-state index contributed by atoms with van der Waals surface area (Å²) in [6, 6.07) is 0. The predicted octanol–water partition coefficient (Wildman–Crippen LogP) is 0.786. The third kappa shape index (κ3) is 3.61. The van der Waals surface area contributed by atoms with Gasteiger partial charge in [0.05, 0.1) is 0 Å². The molecule has 0 aromatic carbocycles. The number of hydrogen-bond acceptors (Lipinski definition) is 2. The third-order valence-electron chi connectivity index (χ3n) is 5.79. The molecule has 1 saturated carbocycles. The van der Waals surface area contributed by atoms with E-state index in [1.165, 1.54) is 29.3 Å². The van der Waals surface area contributed by atoms with Gasteiger partial charge in [-0.2, -0.15) is 0 Å². The predicted molar refractivity (Wildman–Crippen MR) is 88.8 cm³/mol. The van der Waals surface area contributed by atoms with E-state index in [2.05, 4.69) is 20.4 Å². The Hall–Kier alpha value is 1.07. The zero-order chi connectivity index (χ0) is 15.1. The normalized spacial score (nSPS) is 48.5. The van der Waals surface area contributed by atoms with Crippen LogP contribution in [0.15, 0.2) is 12.2 Å². The van der Waals surface area contributed by atoms with Crippen molar-refractivity contribution in [3.8, 4) is 0 Å². The Bertz CT molecular complexity index is 400. The number of rotatable bonds is 4. The van der Waals surface area contributed by atoms with Crippen molar-refractivity contribution in [2.24, 2.45) is 23.7 Å². The van der Waals surface area contributed by atoms with Crippen LogP contribution in [0.25, 0.3) is 0 Å². The number of aliphatic hydroxyl groups excluding tert-OH is 1. The molecule has 0 aromatic heterocycles. The molecule has 8 unspecified atom stereocenters. The second kappa shape index (κ2) is 6.90. The molecule has 21 heavy (non-hydrogen) atoms. The van der Waals surface area contributed by atoms with Gasteiger partial charge >= 0.3 is 149 Å². The van der Waals surface area contributed by atoms with Crippen molar-refractivity contribution < 1.29 is 26.3 Å². The van der Waals surface area contributed by atoms with E-state index in [1.54, 1.807) is 0 Å². The molecule has 0 spiro atoms. The van der Waals surface area contributed by atoms with E-state index >= 15 is 0 Å². The van der Waals surface area contributed by atoms with Crippen molar-refractivity contribution in [2.45, 2.75) is 53.8 Å². The minimum absolute atomic E-state index is 0.145. The molecular formula is C17H27ClIOS-. The van der Waals surface area contributed by atoms with Gasteiger partial charge in [-0.15, -0.1) is 0 Å². The minimum atomic E-state index is -0.145. The standard InChI is InChI=1S/C17H27ClIOS/c1-9(2)10(3)13-8-21-17(16(13)20)11-4-5-14(18)12(6-11)15-7-19-15/h10-17,20H,1,4-8H2,2-3H3/q-1. The van der Waals surface area contributed by atoms with Gasteiger partial charge in [0.25, 0.3) is 0 Å². The van der Waals surface area contributed by atoms with Gasteiger partial charge in [0.2, 0.25) is 0 Å². The van der Waals surface area contributed by atoms with Crippen LogP contribution >= 0.6 is 23.4 Å². The van der Waals surface area contributed by atoms with Gasteiger partial charge in [0.1, 0.15) is 0 Å². The Labute approximate surface area is 148 Å². The molecule has 122 valence electrons. The summed E-state index contributed by atoms with van der Waals surface area (Å²) in [7, 11) is 0. The maximum atomic E-state index is 10.8. The van der Waals surface area contributed by atoms with Crippen LogP contribution in [0.3, 0.4) is 0 Å². The Morgan fingerprint density at radius 2 is 2.14 bits per heavy atom. The van der Waals surface area contributed by atoms with Crippen molar-refractivity contribution in [1.82, 2.24) is 0 Å². The molecule has 0 bridgehead atoms. The van der Waals surface area contributed by atoms with Crippen LogP contribution in [0.4, 0.5) is 0 Å². The first kappa shape index (κ1) is 16.9. The summed E-state index contributed by atoms with van der Waals surface area (Å²) >= 11 is 9.09. The molecule has 3 aliphatic rings. The van der Waals surface area contributed by atoms with Crippen LogP contribution in [0.1, 0.15) is 33.1 Å². The van der Waals surface area contributed by atoms with Crippen molar-refractivity contribution >= 4 is 23.4 Å². The topological polar surface area (TPSA) is 20.2 Å². The van der Waals surface area contributed by atoms with Gasteiger partial charge in [-0.1, -0.05) is 0 Å². The maximum absolute atomic E-state index is 10.8. The van der Waals surface area contributed by atoms with E-state index in [-0.39, 0.29) is 6.10 Å². The summed E-state index contributed by atoms with van der Waals surface area (Å²) in [5, 5.41) is 11.7. The average molecular weight is 442 g/mol. The van der Waals surface area contributed by atoms with Crippen molar-refractivity contribution in [2.75, 3.05) is 10.2 Å². The SMILES string of the molecule is C=C(C)C(C)C1CSC(C2CCC(Cl)C(C3C[I-]3)C2)C1O. The number of alkyl halides is 3. The van der Waals surface area contributed by atoms with E-state index < -0.39 is 0 Å². The molecule has 1 nitrogen and oxygen atoms in total. The Morgan fingerprint density at radius 1 is 1.43 bits per heavy atom. The first-order valence-electron chi connectivity index (χ1n) is 8.16. The second-order valence-electron chi connectivity index (χ2n) is 7.17. The molecule has 3 fully saturated rings. The summed E-state index contributed by atoms with van der Waals surface area (Å²) in [5.41, 5.74) is 1.21. The summed E-state index contributed by atoms with van der Waals surface area (Å²) in [6.07, 6.45) is 3.52. The monoisotopic (exact) mass is 441 g/mol. The number of hydrogen-bond donors (Lipinski definition) is 1. The molecule has 2 saturated heterocycles. The molecule has 4 heteroatoms. The van der Waals surface area contributed by atoms with Crippen LogP contribution in [-0.2, 0) is 0 Å². The summed E-state index contributed by atoms with van der Waals surface area (Å²) in [6.45, 7) is 8.42. The van der Waals surface area contributed by atoms with Gasteiger partial charge in [0.15, 0.2) is 0 Å². The first-order valence-corrected chi connectivity index (χ1v) is 12.4. The Morgan fingerprint density at radius 3 is 2.76 bits per heavy atom. The molecule has 2 heterocycles. The van der Waals surface area contributed by atoms with E-state index in [4.69, 9.17) is 11.6 Å². The molecular weight excluding hydrogens is 415 g/mol. The first-order chi connectivity index (χ1) is 9.99. The van der Waals surface area contributed by atoms with Gasteiger partial charge in [-0.3, -0.25) is 0 Å². The molecule has 0 radical (unpaired) electrons. The van der Waals surface area contributed by atoms with E-state index in [9.17, 15) is 5.11 Å². The Balaban J connectivity index is 1.63. The third-order valence-corrected chi connectivity index (χ3v) is 10.8. The van der Waals surface area contributed by atoms with Crippen LogP contribution in [-0.4, -0.2) is 35.9 Å².